The second kappa shape index (κ2) is 5.57. The molecule has 1 aliphatic carbocycles. The van der Waals surface area contributed by atoms with Gasteiger partial charge in [-0.2, -0.15) is 13.2 Å². The van der Waals surface area contributed by atoms with E-state index >= 15 is 0 Å². The highest BCUT2D eigenvalue weighted by molar-refractivity contribution is 7.09. The summed E-state index contributed by atoms with van der Waals surface area (Å²) in [7, 11) is 0. The van der Waals surface area contributed by atoms with E-state index < -0.39 is 12.1 Å². The molecule has 0 aliphatic heterocycles. The van der Waals surface area contributed by atoms with Crippen LogP contribution >= 0.6 is 11.3 Å². The highest BCUT2D eigenvalue weighted by Gasteiger charge is 2.42. The fourth-order valence-electron chi connectivity index (χ4n) is 2.62. The molecule has 2 rings (SSSR count). The molecule has 0 bridgehead atoms. The molecule has 6 heteroatoms. The fraction of sp³-hybridized carbons (Fsp3) is 0.750. The summed E-state index contributed by atoms with van der Waals surface area (Å²) in [6.45, 7) is 0. The summed E-state index contributed by atoms with van der Waals surface area (Å²) in [5, 5.41) is 0. The van der Waals surface area contributed by atoms with Gasteiger partial charge in [-0.25, -0.2) is 0 Å². The normalized spacial score (nSPS) is 27.1. The Hall–Kier alpha value is -0.620. The zero-order valence-corrected chi connectivity index (χ0v) is 10.8. The molecule has 0 spiro atoms. The zero-order valence-electron chi connectivity index (χ0n) is 9.99. The Morgan fingerprint density at radius 1 is 1.33 bits per heavy atom. The quantitative estimate of drug-likeness (QED) is 0.920. The van der Waals surface area contributed by atoms with Gasteiger partial charge in [0.2, 0.25) is 0 Å². The van der Waals surface area contributed by atoms with Crippen LogP contribution in [0.3, 0.4) is 0 Å². The van der Waals surface area contributed by atoms with Gasteiger partial charge in [-0.05, 0) is 38.0 Å². The van der Waals surface area contributed by atoms with Crippen LogP contribution in [0.2, 0.25) is 0 Å². The molecule has 102 valence electrons. The Balaban J connectivity index is 1.82. The van der Waals surface area contributed by atoms with Crippen LogP contribution in [0.4, 0.5) is 13.2 Å². The molecule has 0 saturated heterocycles. The third kappa shape index (κ3) is 3.45. The van der Waals surface area contributed by atoms with E-state index in [2.05, 4.69) is 4.98 Å². The smallest absolute Gasteiger partial charge is 0.327 e. The van der Waals surface area contributed by atoms with Gasteiger partial charge in [-0.3, -0.25) is 4.98 Å². The Bertz CT molecular complexity index is 356. The molecule has 1 aromatic rings. The molecule has 1 saturated carbocycles. The predicted octanol–water partition coefficient (Wildman–Crippen LogP) is 3.38. The van der Waals surface area contributed by atoms with Crippen LogP contribution in [0, 0.1) is 11.8 Å². The predicted molar refractivity (Wildman–Crippen MR) is 65.3 cm³/mol. The van der Waals surface area contributed by atoms with Crippen molar-refractivity contribution in [2.24, 2.45) is 17.6 Å². The molecule has 1 unspecified atom stereocenters. The number of hydrogen-bond acceptors (Lipinski definition) is 3. The second-order valence-electron chi connectivity index (χ2n) is 4.99. The average Bonchev–Trinajstić information content (AvgIpc) is 2.81. The number of rotatable bonds is 3. The number of hydrogen-bond donors (Lipinski definition) is 1. The van der Waals surface area contributed by atoms with Crippen molar-refractivity contribution < 1.29 is 13.2 Å². The van der Waals surface area contributed by atoms with Crippen LogP contribution in [0.1, 0.15) is 30.6 Å². The van der Waals surface area contributed by atoms with Crippen LogP contribution in [0.15, 0.2) is 11.7 Å². The molecule has 0 amide bonds. The fourth-order valence-corrected chi connectivity index (χ4v) is 3.28. The third-order valence-electron chi connectivity index (χ3n) is 3.76. The first-order chi connectivity index (χ1) is 8.47. The number of nitrogens with two attached hydrogens (primary N) is 1. The molecule has 2 nitrogen and oxygen atoms in total. The first kappa shape index (κ1) is 13.8. The third-order valence-corrected chi connectivity index (χ3v) is 4.56. The van der Waals surface area contributed by atoms with Crippen molar-refractivity contribution in [1.82, 2.24) is 4.98 Å². The van der Waals surface area contributed by atoms with Gasteiger partial charge in [-0.15, -0.1) is 11.3 Å². The maximum absolute atomic E-state index is 12.5. The van der Waals surface area contributed by atoms with Gasteiger partial charge < -0.3 is 5.73 Å². The van der Waals surface area contributed by atoms with E-state index in [0.29, 0.717) is 12.8 Å². The molecule has 1 fully saturated rings. The highest BCUT2D eigenvalue weighted by atomic mass is 32.1. The Kier molecular flexibility index (Phi) is 4.27. The summed E-state index contributed by atoms with van der Waals surface area (Å²) in [6, 6.07) is -0.0420. The van der Waals surface area contributed by atoms with Crippen molar-refractivity contribution in [2.45, 2.75) is 44.3 Å². The molecule has 1 heterocycles. The molecule has 1 aromatic heterocycles. The minimum absolute atomic E-state index is 0.0420. The Morgan fingerprint density at radius 2 is 2.00 bits per heavy atom. The van der Waals surface area contributed by atoms with E-state index in [1.54, 1.807) is 23.0 Å². The summed E-state index contributed by atoms with van der Waals surface area (Å²) < 4.78 is 37.6. The summed E-state index contributed by atoms with van der Waals surface area (Å²) in [4.78, 5) is 5.09. The molecule has 1 atom stereocenters. The average molecular weight is 278 g/mol. The van der Waals surface area contributed by atoms with Crippen molar-refractivity contribution >= 4 is 11.3 Å². The summed E-state index contributed by atoms with van der Waals surface area (Å²) in [5.74, 6) is -0.907. The van der Waals surface area contributed by atoms with Gasteiger partial charge in [-0.1, -0.05) is 0 Å². The molecule has 18 heavy (non-hydrogen) atoms. The largest absolute Gasteiger partial charge is 0.391 e. The Morgan fingerprint density at radius 3 is 2.50 bits per heavy atom. The van der Waals surface area contributed by atoms with Crippen LogP contribution in [0.5, 0.6) is 0 Å². The standard InChI is InChI=1S/C12H17F3N2S/c13-12(14,15)9-3-1-8(2-4-9)11(16)5-10-6-17-7-18-10/h6-9,11H,1-5,16H2. The van der Waals surface area contributed by atoms with Gasteiger partial charge in [0.15, 0.2) is 0 Å². The maximum atomic E-state index is 12.5. The van der Waals surface area contributed by atoms with Gasteiger partial charge in [0.25, 0.3) is 0 Å². The minimum atomic E-state index is -4.03. The lowest BCUT2D eigenvalue weighted by Crippen LogP contribution is -2.37. The molecule has 1 aliphatic rings. The molecular weight excluding hydrogens is 261 g/mol. The van der Waals surface area contributed by atoms with E-state index in [0.717, 1.165) is 11.3 Å². The summed E-state index contributed by atoms with van der Waals surface area (Å²) in [6.07, 6.45) is 0.105. The maximum Gasteiger partial charge on any atom is 0.391 e. The SMILES string of the molecule is NC(Cc1cncs1)C1CCC(C(F)(F)F)CC1. The second-order valence-corrected chi connectivity index (χ2v) is 5.96. The zero-order chi connectivity index (χ0) is 13.2. The van der Waals surface area contributed by atoms with E-state index in [1.165, 1.54) is 0 Å². The molecule has 0 aromatic carbocycles. The number of nitrogens with zero attached hydrogens (tertiary/aromatic N) is 1. The van der Waals surface area contributed by atoms with Crippen LogP contribution in [-0.4, -0.2) is 17.2 Å². The van der Waals surface area contributed by atoms with Crippen molar-refractivity contribution in [3.05, 3.63) is 16.6 Å². The minimum Gasteiger partial charge on any atom is -0.327 e. The van der Waals surface area contributed by atoms with Crippen LogP contribution in [0.25, 0.3) is 0 Å². The van der Waals surface area contributed by atoms with Gasteiger partial charge in [0.05, 0.1) is 11.4 Å². The van der Waals surface area contributed by atoms with E-state index in [9.17, 15) is 13.2 Å². The summed E-state index contributed by atoms with van der Waals surface area (Å²) >= 11 is 1.55. The monoisotopic (exact) mass is 278 g/mol. The number of halogens is 3. The van der Waals surface area contributed by atoms with E-state index in [4.69, 9.17) is 5.73 Å². The van der Waals surface area contributed by atoms with Gasteiger partial charge in [0, 0.05) is 17.1 Å². The molecule has 2 N–H and O–H groups in total. The lowest BCUT2D eigenvalue weighted by atomic mass is 9.77. The van der Waals surface area contributed by atoms with E-state index in [-0.39, 0.29) is 24.8 Å². The first-order valence-corrected chi connectivity index (χ1v) is 7.04. The summed E-state index contributed by atoms with van der Waals surface area (Å²) in [5.41, 5.74) is 7.84. The van der Waals surface area contributed by atoms with Crippen LogP contribution in [-0.2, 0) is 6.42 Å². The lowest BCUT2D eigenvalue weighted by molar-refractivity contribution is -0.184. The van der Waals surface area contributed by atoms with Crippen molar-refractivity contribution in [1.29, 1.82) is 0 Å². The Labute approximate surface area is 108 Å². The lowest BCUT2D eigenvalue weighted by Gasteiger charge is -2.32. The van der Waals surface area contributed by atoms with E-state index in [1.807, 2.05) is 0 Å². The topological polar surface area (TPSA) is 38.9 Å². The number of aromatic nitrogens is 1. The van der Waals surface area contributed by atoms with Crippen molar-refractivity contribution in [3.63, 3.8) is 0 Å². The van der Waals surface area contributed by atoms with Gasteiger partial charge >= 0.3 is 6.18 Å². The van der Waals surface area contributed by atoms with Crippen molar-refractivity contribution in [2.75, 3.05) is 0 Å². The van der Waals surface area contributed by atoms with Crippen LogP contribution < -0.4 is 5.73 Å². The molecule has 0 radical (unpaired) electrons. The van der Waals surface area contributed by atoms with Gasteiger partial charge in [0.1, 0.15) is 0 Å². The highest BCUT2D eigenvalue weighted by Crippen LogP contribution is 2.40. The number of thiazole rings is 1. The number of alkyl halides is 3. The first-order valence-electron chi connectivity index (χ1n) is 6.16. The molecular formula is C12H17F3N2S. The van der Waals surface area contributed by atoms with Crippen molar-refractivity contribution in [3.8, 4) is 0 Å².